The van der Waals surface area contributed by atoms with Gasteiger partial charge in [0.25, 0.3) is 5.69 Å². The second-order valence-electron chi connectivity index (χ2n) is 6.60. The van der Waals surface area contributed by atoms with Crippen molar-refractivity contribution in [2.75, 3.05) is 7.11 Å². The van der Waals surface area contributed by atoms with Crippen molar-refractivity contribution in [2.24, 2.45) is 5.18 Å². The Morgan fingerprint density at radius 2 is 1.73 bits per heavy atom. The Balaban J connectivity index is 3.77. The second-order valence-corrected chi connectivity index (χ2v) is 6.60. The van der Waals surface area contributed by atoms with E-state index < -0.39 is 21.7 Å². The van der Waals surface area contributed by atoms with Gasteiger partial charge in [0.2, 0.25) is 0 Å². The van der Waals surface area contributed by atoms with Crippen LogP contribution in [0.1, 0.15) is 45.7 Å². The molecule has 0 heterocycles. The van der Waals surface area contributed by atoms with Crippen molar-refractivity contribution in [2.45, 2.75) is 45.4 Å². The van der Waals surface area contributed by atoms with Crippen molar-refractivity contribution in [3.05, 3.63) is 38.3 Å². The van der Waals surface area contributed by atoms with Crippen LogP contribution in [0.15, 0.2) is 17.3 Å². The zero-order chi connectivity index (χ0) is 17.3. The minimum atomic E-state index is -1.15. The molecule has 0 aliphatic heterocycles. The van der Waals surface area contributed by atoms with E-state index in [9.17, 15) is 19.8 Å². The summed E-state index contributed by atoms with van der Waals surface area (Å²) in [6, 6.07) is 2.62. The van der Waals surface area contributed by atoms with Crippen LogP contribution in [0.25, 0.3) is 0 Å². The number of ether oxygens (including phenoxy) is 1. The molecule has 0 saturated carbocycles. The molecule has 7 heteroatoms. The molecule has 7 nitrogen and oxygen atoms in total. The summed E-state index contributed by atoms with van der Waals surface area (Å²) in [5, 5.41) is 14.1. The Kier molecular flexibility index (Phi) is 4.70. The monoisotopic (exact) mass is 308 g/mol. The Bertz CT molecular complexity index is 630. The zero-order valence-electron chi connectivity index (χ0n) is 13.6. The van der Waals surface area contributed by atoms with Crippen molar-refractivity contribution in [1.82, 2.24) is 0 Å². The summed E-state index contributed by atoms with van der Waals surface area (Å²) < 4.78 is 4.76. The van der Waals surface area contributed by atoms with Gasteiger partial charge in [-0.25, -0.2) is 0 Å². The lowest BCUT2D eigenvalue weighted by Gasteiger charge is -2.26. The van der Waals surface area contributed by atoms with Crippen molar-refractivity contribution < 1.29 is 14.5 Å². The minimum Gasteiger partial charge on any atom is -0.468 e. The van der Waals surface area contributed by atoms with E-state index in [-0.39, 0.29) is 11.4 Å². The number of nitro benzene ring substituents is 1. The molecule has 0 amide bonds. The minimum absolute atomic E-state index is 0.130. The van der Waals surface area contributed by atoms with E-state index in [1.807, 2.05) is 20.8 Å². The molecule has 0 aliphatic rings. The van der Waals surface area contributed by atoms with Gasteiger partial charge >= 0.3 is 5.97 Å². The van der Waals surface area contributed by atoms with Gasteiger partial charge in [0, 0.05) is 11.6 Å². The first-order valence-corrected chi connectivity index (χ1v) is 6.72. The van der Waals surface area contributed by atoms with Crippen LogP contribution in [0.4, 0.5) is 11.4 Å². The normalized spacial score (nSPS) is 11.9. The number of hydrogen-bond acceptors (Lipinski definition) is 6. The molecule has 22 heavy (non-hydrogen) atoms. The van der Waals surface area contributed by atoms with E-state index in [4.69, 9.17) is 4.74 Å². The summed E-state index contributed by atoms with van der Waals surface area (Å²) in [6.45, 7) is 8.62. The smallest absolute Gasteiger partial charge is 0.315 e. The molecule has 0 saturated heterocycles. The molecule has 0 aromatic heterocycles. The Morgan fingerprint density at radius 1 is 1.18 bits per heavy atom. The van der Waals surface area contributed by atoms with Crippen LogP contribution in [-0.4, -0.2) is 18.0 Å². The molecular weight excluding hydrogens is 288 g/mol. The highest BCUT2D eigenvalue weighted by atomic mass is 16.6. The fraction of sp³-hybridized carbons (Fsp3) is 0.533. The highest BCUT2D eigenvalue weighted by Crippen LogP contribution is 2.41. The zero-order valence-corrected chi connectivity index (χ0v) is 13.6. The molecule has 0 spiro atoms. The third-order valence-corrected chi connectivity index (χ3v) is 3.59. The SMILES string of the molecule is COC(=O)C(C)(C)c1cc(C(C)(C)C)c([N+](=O)[O-])cc1N=O. The molecule has 0 bridgehead atoms. The highest BCUT2D eigenvalue weighted by molar-refractivity contribution is 5.85. The van der Waals surface area contributed by atoms with E-state index >= 15 is 0 Å². The molecule has 0 atom stereocenters. The van der Waals surface area contributed by atoms with E-state index in [1.54, 1.807) is 13.8 Å². The summed E-state index contributed by atoms with van der Waals surface area (Å²) in [7, 11) is 1.24. The van der Waals surface area contributed by atoms with Gasteiger partial charge in [-0.15, -0.1) is 4.91 Å². The topological polar surface area (TPSA) is 98.9 Å². The Hall–Kier alpha value is -2.31. The molecule has 0 unspecified atom stereocenters. The number of nitrogens with zero attached hydrogens (tertiary/aromatic N) is 2. The quantitative estimate of drug-likeness (QED) is 0.365. The van der Waals surface area contributed by atoms with E-state index in [1.165, 1.54) is 13.2 Å². The van der Waals surface area contributed by atoms with Gasteiger partial charge in [-0.2, -0.15) is 0 Å². The molecular formula is C15H20N2O5. The molecule has 0 aliphatic carbocycles. The lowest BCUT2D eigenvalue weighted by atomic mass is 9.78. The van der Waals surface area contributed by atoms with Crippen LogP contribution in [0, 0.1) is 15.0 Å². The molecule has 0 N–H and O–H groups in total. The molecule has 0 fully saturated rings. The average Bonchev–Trinajstić information content (AvgIpc) is 2.43. The van der Waals surface area contributed by atoms with Gasteiger partial charge in [0.05, 0.1) is 17.4 Å². The third kappa shape index (κ3) is 3.13. The predicted molar refractivity (Wildman–Crippen MR) is 82.3 cm³/mol. The Morgan fingerprint density at radius 3 is 2.09 bits per heavy atom. The van der Waals surface area contributed by atoms with Crippen molar-refractivity contribution in [3.63, 3.8) is 0 Å². The lowest BCUT2D eigenvalue weighted by molar-refractivity contribution is -0.385. The lowest BCUT2D eigenvalue weighted by Crippen LogP contribution is -2.31. The van der Waals surface area contributed by atoms with Crippen LogP contribution >= 0.6 is 0 Å². The number of nitroso groups, excluding NO2 is 1. The first-order valence-electron chi connectivity index (χ1n) is 6.72. The summed E-state index contributed by atoms with van der Waals surface area (Å²) in [5.41, 5.74) is -1.26. The van der Waals surface area contributed by atoms with Gasteiger partial charge in [0.1, 0.15) is 5.69 Å². The molecule has 0 radical (unpaired) electrons. The highest BCUT2D eigenvalue weighted by Gasteiger charge is 2.37. The maximum atomic E-state index is 12.0. The first kappa shape index (κ1) is 17.7. The third-order valence-electron chi connectivity index (χ3n) is 3.59. The van der Waals surface area contributed by atoms with Crippen molar-refractivity contribution in [1.29, 1.82) is 0 Å². The number of carbonyl (C=O) groups excluding carboxylic acids is 1. The second kappa shape index (κ2) is 5.82. The van der Waals surface area contributed by atoms with Crippen LogP contribution in [-0.2, 0) is 20.4 Å². The maximum Gasteiger partial charge on any atom is 0.315 e. The first-order chi connectivity index (χ1) is 9.96. The summed E-state index contributed by atoms with van der Waals surface area (Å²) >= 11 is 0. The molecule has 1 rings (SSSR count). The van der Waals surface area contributed by atoms with Crippen LogP contribution in [0.3, 0.4) is 0 Å². The fourth-order valence-corrected chi connectivity index (χ4v) is 2.27. The largest absolute Gasteiger partial charge is 0.468 e. The number of benzene rings is 1. The fourth-order valence-electron chi connectivity index (χ4n) is 2.27. The van der Waals surface area contributed by atoms with Gasteiger partial charge in [-0.1, -0.05) is 20.8 Å². The number of esters is 1. The van der Waals surface area contributed by atoms with Gasteiger partial charge in [-0.05, 0) is 36.1 Å². The van der Waals surface area contributed by atoms with E-state index in [0.717, 1.165) is 6.07 Å². The summed E-state index contributed by atoms with van der Waals surface area (Å²) in [5.74, 6) is -0.550. The van der Waals surface area contributed by atoms with Crippen LogP contribution in [0.5, 0.6) is 0 Å². The number of rotatable bonds is 4. The Labute approximate surface area is 128 Å². The molecule has 120 valence electrons. The predicted octanol–water partition coefficient (Wildman–Crippen LogP) is 3.74. The van der Waals surface area contributed by atoms with Gasteiger partial charge < -0.3 is 4.74 Å². The number of methoxy groups -OCH3 is 1. The van der Waals surface area contributed by atoms with Crippen LogP contribution < -0.4 is 0 Å². The maximum absolute atomic E-state index is 12.0. The van der Waals surface area contributed by atoms with Crippen LogP contribution in [0.2, 0.25) is 0 Å². The van der Waals surface area contributed by atoms with Gasteiger partial charge in [-0.3, -0.25) is 14.9 Å². The van der Waals surface area contributed by atoms with E-state index in [2.05, 4.69) is 5.18 Å². The number of carbonyl (C=O) groups is 1. The molecule has 1 aromatic rings. The van der Waals surface area contributed by atoms with Crippen molar-refractivity contribution in [3.8, 4) is 0 Å². The average molecular weight is 308 g/mol. The van der Waals surface area contributed by atoms with E-state index in [0.29, 0.717) is 11.1 Å². The van der Waals surface area contributed by atoms with Gasteiger partial charge in [0.15, 0.2) is 0 Å². The van der Waals surface area contributed by atoms with Crippen molar-refractivity contribution >= 4 is 17.3 Å². The number of hydrogen-bond donors (Lipinski definition) is 0. The molecule has 1 aromatic carbocycles. The summed E-state index contributed by atoms with van der Waals surface area (Å²) in [4.78, 5) is 33.8. The standard InChI is InChI=1S/C15H20N2O5/c1-14(2,3)10-7-9(15(4,5)13(18)22-6)11(16-19)8-12(10)17(20)21/h7-8H,1-6H3. The summed E-state index contributed by atoms with van der Waals surface area (Å²) in [6.07, 6.45) is 0. The number of nitro groups is 1.